The summed E-state index contributed by atoms with van der Waals surface area (Å²) in [5.41, 5.74) is 9.75. The lowest BCUT2D eigenvalue weighted by Crippen LogP contribution is -2.38. The topological polar surface area (TPSA) is 91.5 Å². The maximum absolute atomic E-state index is 12.8. The number of benzene rings is 1. The number of anilines is 1. The third-order valence-corrected chi connectivity index (χ3v) is 7.61. The molecule has 2 heterocycles. The molecule has 2 aromatic rings. The zero-order valence-corrected chi connectivity index (χ0v) is 18.3. The van der Waals surface area contributed by atoms with Gasteiger partial charge in [0.2, 0.25) is 0 Å². The summed E-state index contributed by atoms with van der Waals surface area (Å²) < 4.78 is 12.7. The zero-order valence-electron chi connectivity index (χ0n) is 18.3. The van der Waals surface area contributed by atoms with Gasteiger partial charge in [-0.15, -0.1) is 0 Å². The van der Waals surface area contributed by atoms with E-state index in [1.807, 2.05) is 0 Å². The molecule has 2 atom stereocenters. The standard InChI is InChI=1S/C25H31FN4O2/c26-9-10-30-14-19-12-25(19,15-30)18-3-1-16(2-4-18)17-11-22(23(27)28-13-17)24(32)29-20-5-7-21(31)8-6-20/h1-4,11,13,19-21,31H,5-10,12,14-15H2,(H2,27,28)(H,29,32)/t19-,20?,21?,25+/m1/s1. The molecule has 32 heavy (non-hydrogen) atoms. The first-order chi connectivity index (χ1) is 15.5. The van der Waals surface area contributed by atoms with Crippen molar-refractivity contribution >= 4 is 11.7 Å². The number of likely N-dealkylation sites (tertiary alicyclic amines) is 1. The van der Waals surface area contributed by atoms with Gasteiger partial charge in [-0.3, -0.25) is 9.69 Å². The van der Waals surface area contributed by atoms with Gasteiger partial charge in [0.25, 0.3) is 5.91 Å². The number of aliphatic hydroxyl groups excluding tert-OH is 1. The summed E-state index contributed by atoms with van der Waals surface area (Å²) >= 11 is 0. The molecule has 5 rings (SSSR count). The molecule has 170 valence electrons. The second-order valence-electron chi connectivity index (χ2n) is 9.69. The Balaban J connectivity index is 1.30. The van der Waals surface area contributed by atoms with Crippen LogP contribution in [-0.2, 0) is 5.41 Å². The van der Waals surface area contributed by atoms with Gasteiger partial charge < -0.3 is 16.2 Å². The van der Waals surface area contributed by atoms with Crippen LogP contribution in [-0.4, -0.2) is 59.4 Å². The number of nitrogen functional groups attached to an aromatic ring is 1. The van der Waals surface area contributed by atoms with Crippen molar-refractivity contribution in [3.8, 4) is 11.1 Å². The summed E-state index contributed by atoms with van der Waals surface area (Å²) in [6.45, 7) is 2.17. The highest BCUT2D eigenvalue weighted by molar-refractivity contribution is 5.99. The predicted octanol–water partition coefficient (Wildman–Crippen LogP) is 2.91. The molecule has 0 unspecified atom stereocenters. The minimum atomic E-state index is -0.287. The number of carbonyl (C=O) groups is 1. The number of nitrogens with one attached hydrogen (secondary N) is 1. The predicted molar refractivity (Wildman–Crippen MR) is 122 cm³/mol. The molecular formula is C25H31FN4O2. The molecule has 3 aliphatic rings. The van der Waals surface area contributed by atoms with Crippen molar-refractivity contribution in [3.05, 3.63) is 47.7 Å². The zero-order chi connectivity index (χ0) is 22.3. The molecule has 4 N–H and O–H groups in total. The molecule has 0 spiro atoms. The maximum atomic E-state index is 12.8. The Hall–Kier alpha value is -2.51. The molecule has 3 fully saturated rings. The van der Waals surface area contributed by atoms with Crippen LogP contribution in [0.15, 0.2) is 36.5 Å². The van der Waals surface area contributed by atoms with Gasteiger partial charge in [0.05, 0.1) is 11.7 Å². The Morgan fingerprint density at radius 3 is 2.69 bits per heavy atom. The molecule has 1 amide bonds. The molecule has 0 bridgehead atoms. The number of amides is 1. The molecule has 6 nitrogen and oxygen atoms in total. The van der Waals surface area contributed by atoms with Crippen LogP contribution in [0.1, 0.15) is 48.0 Å². The van der Waals surface area contributed by atoms with E-state index in [1.54, 1.807) is 12.3 Å². The van der Waals surface area contributed by atoms with Crippen LogP contribution in [0.3, 0.4) is 0 Å². The summed E-state index contributed by atoms with van der Waals surface area (Å²) in [5.74, 6) is 0.639. The van der Waals surface area contributed by atoms with Crippen LogP contribution >= 0.6 is 0 Å². The van der Waals surface area contributed by atoms with E-state index in [2.05, 4.69) is 39.5 Å². The fourth-order valence-corrected chi connectivity index (χ4v) is 5.62. The van der Waals surface area contributed by atoms with Gasteiger partial charge >= 0.3 is 0 Å². The Kier molecular flexibility index (Phi) is 5.63. The van der Waals surface area contributed by atoms with E-state index < -0.39 is 0 Å². The SMILES string of the molecule is Nc1ncc(-c2ccc([C@@]34C[C@@H]3CN(CCF)C4)cc2)cc1C(=O)NC1CCC(O)CC1. The maximum Gasteiger partial charge on any atom is 0.255 e. The number of alkyl halides is 1. The summed E-state index contributed by atoms with van der Waals surface area (Å²) in [5, 5.41) is 12.7. The number of fused-ring (bicyclic) bond motifs is 1. The Morgan fingerprint density at radius 1 is 1.22 bits per heavy atom. The number of halogens is 1. The average Bonchev–Trinajstić information content (AvgIpc) is 3.37. The van der Waals surface area contributed by atoms with Gasteiger partial charge in [-0.1, -0.05) is 24.3 Å². The molecule has 1 aromatic heterocycles. The molecule has 0 radical (unpaired) electrons. The monoisotopic (exact) mass is 438 g/mol. The number of carbonyl (C=O) groups excluding carboxylic acids is 1. The van der Waals surface area contributed by atoms with Crippen molar-refractivity contribution in [2.24, 2.45) is 5.92 Å². The summed E-state index contributed by atoms with van der Waals surface area (Å²) in [7, 11) is 0. The number of hydrogen-bond acceptors (Lipinski definition) is 5. The Morgan fingerprint density at radius 2 is 1.97 bits per heavy atom. The third kappa shape index (κ3) is 3.99. The van der Waals surface area contributed by atoms with Crippen molar-refractivity contribution in [2.45, 2.75) is 49.7 Å². The largest absolute Gasteiger partial charge is 0.393 e. The van der Waals surface area contributed by atoms with Gasteiger partial charge in [-0.05, 0) is 55.2 Å². The van der Waals surface area contributed by atoms with Crippen molar-refractivity contribution in [1.82, 2.24) is 15.2 Å². The highest BCUT2D eigenvalue weighted by Crippen LogP contribution is 2.59. The summed E-state index contributed by atoms with van der Waals surface area (Å²) in [4.78, 5) is 19.3. The molecule has 2 saturated carbocycles. The van der Waals surface area contributed by atoms with Crippen LogP contribution in [0.5, 0.6) is 0 Å². The van der Waals surface area contributed by atoms with Gasteiger partial charge in [0, 0.05) is 42.9 Å². The van der Waals surface area contributed by atoms with Crippen LogP contribution in [0, 0.1) is 5.92 Å². The van der Waals surface area contributed by atoms with Crippen molar-refractivity contribution in [3.63, 3.8) is 0 Å². The van der Waals surface area contributed by atoms with E-state index >= 15 is 0 Å². The van der Waals surface area contributed by atoms with Gasteiger partial charge in [-0.2, -0.15) is 0 Å². The third-order valence-electron chi connectivity index (χ3n) is 7.61. The lowest BCUT2D eigenvalue weighted by molar-refractivity contribution is 0.0868. The number of pyridine rings is 1. The van der Waals surface area contributed by atoms with Crippen molar-refractivity contribution in [2.75, 3.05) is 32.0 Å². The van der Waals surface area contributed by atoms with Crippen LogP contribution in [0.4, 0.5) is 10.2 Å². The molecule has 1 saturated heterocycles. The van der Waals surface area contributed by atoms with Gasteiger partial charge in [0.1, 0.15) is 12.5 Å². The smallest absolute Gasteiger partial charge is 0.255 e. The second-order valence-corrected chi connectivity index (χ2v) is 9.69. The van der Waals surface area contributed by atoms with E-state index in [9.17, 15) is 14.3 Å². The number of aromatic nitrogens is 1. The minimum absolute atomic E-state index is 0.0577. The fraction of sp³-hybridized carbons (Fsp3) is 0.520. The Bertz CT molecular complexity index is 990. The summed E-state index contributed by atoms with van der Waals surface area (Å²) in [6.07, 6.45) is 5.58. The average molecular weight is 439 g/mol. The Labute approximate surface area is 188 Å². The van der Waals surface area contributed by atoms with Crippen LogP contribution in [0.2, 0.25) is 0 Å². The molecule has 1 aromatic carbocycles. The van der Waals surface area contributed by atoms with E-state index in [4.69, 9.17) is 5.73 Å². The molecular weight excluding hydrogens is 407 g/mol. The highest BCUT2D eigenvalue weighted by Gasteiger charge is 2.60. The quantitative estimate of drug-likeness (QED) is 0.645. The number of piperidine rings is 1. The fourth-order valence-electron chi connectivity index (χ4n) is 5.62. The molecule has 1 aliphatic heterocycles. The summed E-state index contributed by atoms with van der Waals surface area (Å²) in [6, 6.07) is 10.3. The lowest BCUT2D eigenvalue weighted by Gasteiger charge is -2.26. The van der Waals surface area contributed by atoms with Crippen molar-refractivity contribution in [1.29, 1.82) is 0 Å². The molecule has 2 aliphatic carbocycles. The number of rotatable bonds is 6. The first-order valence-electron chi connectivity index (χ1n) is 11.6. The second kappa shape index (κ2) is 8.45. The minimum Gasteiger partial charge on any atom is -0.393 e. The van der Waals surface area contributed by atoms with Gasteiger partial charge in [-0.25, -0.2) is 9.37 Å². The van der Waals surface area contributed by atoms with E-state index in [1.165, 1.54) is 12.0 Å². The van der Waals surface area contributed by atoms with E-state index in [0.29, 0.717) is 30.9 Å². The lowest BCUT2D eigenvalue weighted by atomic mass is 9.92. The van der Waals surface area contributed by atoms with Gasteiger partial charge in [0.15, 0.2) is 0 Å². The number of hydrogen-bond donors (Lipinski definition) is 3. The van der Waals surface area contributed by atoms with E-state index in [0.717, 1.165) is 37.1 Å². The first kappa shape index (κ1) is 21.3. The van der Waals surface area contributed by atoms with Crippen LogP contribution < -0.4 is 11.1 Å². The normalized spacial score (nSPS) is 29.5. The number of nitrogens with two attached hydrogens (primary N) is 1. The van der Waals surface area contributed by atoms with E-state index in [-0.39, 0.29) is 36.0 Å². The van der Waals surface area contributed by atoms with Crippen molar-refractivity contribution < 1.29 is 14.3 Å². The number of aliphatic hydroxyl groups is 1. The van der Waals surface area contributed by atoms with Crippen LogP contribution in [0.25, 0.3) is 11.1 Å². The first-order valence-corrected chi connectivity index (χ1v) is 11.6. The highest BCUT2D eigenvalue weighted by atomic mass is 19.1. The molecule has 7 heteroatoms. The number of nitrogens with zero attached hydrogens (tertiary/aromatic N) is 2.